The van der Waals surface area contributed by atoms with Gasteiger partial charge in [-0.15, -0.1) is 11.8 Å². The molecule has 0 spiro atoms. The molecule has 0 aliphatic carbocycles. The third-order valence-electron chi connectivity index (χ3n) is 2.56. The maximum Gasteiger partial charge on any atom is 0.147 e. The minimum atomic E-state index is 0.181. The second-order valence-corrected chi connectivity index (χ2v) is 6.42. The summed E-state index contributed by atoms with van der Waals surface area (Å²) in [6.07, 6.45) is 0.392. The van der Waals surface area contributed by atoms with Crippen molar-refractivity contribution in [2.24, 2.45) is 0 Å². The van der Waals surface area contributed by atoms with Crippen LogP contribution in [0.4, 0.5) is 0 Å². The van der Waals surface area contributed by atoms with Crippen LogP contribution in [0, 0.1) is 0 Å². The largest absolute Gasteiger partial charge is 0.298 e. The summed E-state index contributed by atoms with van der Waals surface area (Å²) in [5.41, 5.74) is 0.894. The van der Waals surface area contributed by atoms with Gasteiger partial charge in [-0.25, -0.2) is 0 Å². The molecular weight excluding hydrogens is 344 g/mol. The van der Waals surface area contributed by atoms with E-state index in [-0.39, 0.29) is 5.78 Å². The van der Waals surface area contributed by atoms with Gasteiger partial charge in [-0.1, -0.05) is 45.7 Å². The summed E-state index contributed by atoms with van der Waals surface area (Å²) in [4.78, 5) is 13.0. The fourth-order valence-corrected chi connectivity index (χ4v) is 2.82. The van der Waals surface area contributed by atoms with E-state index in [2.05, 4.69) is 15.9 Å². The van der Waals surface area contributed by atoms with E-state index in [4.69, 9.17) is 11.6 Å². The highest BCUT2D eigenvalue weighted by molar-refractivity contribution is 9.10. The topological polar surface area (TPSA) is 17.1 Å². The second kappa shape index (κ2) is 7.13. The Morgan fingerprint density at radius 2 is 1.79 bits per heavy atom. The number of thioether (sulfide) groups is 1. The van der Waals surface area contributed by atoms with E-state index in [1.807, 2.05) is 48.5 Å². The van der Waals surface area contributed by atoms with Crippen molar-refractivity contribution < 1.29 is 4.79 Å². The van der Waals surface area contributed by atoms with Gasteiger partial charge in [0.1, 0.15) is 5.78 Å². The van der Waals surface area contributed by atoms with Crippen LogP contribution in [-0.2, 0) is 11.2 Å². The molecule has 2 rings (SSSR count). The van der Waals surface area contributed by atoms with Crippen LogP contribution in [0.15, 0.2) is 57.9 Å². The van der Waals surface area contributed by atoms with Crippen molar-refractivity contribution in [3.8, 4) is 0 Å². The van der Waals surface area contributed by atoms with E-state index < -0.39 is 0 Å². The summed E-state index contributed by atoms with van der Waals surface area (Å²) in [5, 5.41) is 0.657. The Labute approximate surface area is 130 Å². The van der Waals surface area contributed by atoms with Crippen molar-refractivity contribution in [2.75, 3.05) is 5.75 Å². The van der Waals surface area contributed by atoms with Crippen molar-refractivity contribution in [2.45, 2.75) is 11.3 Å². The fourth-order valence-electron chi connectivity index (χ4n) is 1.60. The van der Waals surface area contributed by atoms with E-state index in [1.54, 1.807) is 11.8 Å². The molecule has 0 unspecified atom stereocenters. The first-order valence-electron chi connectivity index (χ1n) is 5.78. The summed E-state index contributed by atoms with van der Waals surface area (Å²) in [5.74, 6) is 0.647. The van der Waals surface area contributed by atoms with Crippen molar-refractivity contribution >= 4 is 45.1 Å². The maximum absolute atomic E-state index is 11.9. The Morgan fingerprint density at radius 3 is 2.47 bits per heavy atom. The molecule has 0 saturated carbocycles. The summed E-state index contributed by atoms with van der Waals surface area (Å²) in [7, 11) is 0. The molecule has 0 aromatic heterocycles. The molecular formula is C15H12BrClOS. The van der Waals surface area contributed by atoms with Gasteiger partial charge in [0, 0.05) is 20.8 Å². The molecule has 0 radical (unpaired) electrons. The molecule has 0 aliphatic heterocycles. The molecule has 0 fully saturated rings. The molecule has 98 valence electrons. The Kier molecular flexibility index (Phi) is 5.49. The molecule has 4 heteroatoms. The lowest BCUT2D eigenvalue weighted by atomic mass is 10.1. The van der Waals surface area contributed by atoms with Crippen LogP contribution in [0.2, 0.25) is 5.02 Å². The van der Waals surface area contributed by atoms with Crippen LogP contribution >= 0.6 is 39.3 Å². The number of Topliss-reactive ketones (excluding diaryl/α,β-unsaturated/α-hetero) is 1. The Balaban J connectivity index is 1.88. The second-order valence-electron chi connectivity index (χ2n) is 4.05. The Bertz CT molecular complexity index is 569. The smallest absolute Gasteiger partial charge is 0.147 e. The first-order chi connectivity index (χ1) is 9.15. The van der Waals surface area contributed by atoms with Crippen LogP contribution in [-0.4, -0.2) is 11.5 Å². The Hall–Kier alpha value is -0.770. The quantitative estimate of drug-likeness (QED) is 0.702. The van der Waals surface area contributed by atoms with E-state index in [1.165, 1.54) is 0 Å². The van der Waals surface area contributed by atoms with E-state index in [9.17, 15) is 4.79 Å². The minimum Gasteiger partial charge on any atom is -0.298 e. The lowest BCUT2D eigenvalue weighted by Crippen LogP contribution is -2.05. The minimum absolute atomic E-state index is 0.181. The molecule has 0 N–H and O–H groups in total. The van der Waals surface area contributed by atoms with Gasteiger partial charge in [0.15, 0.2) is 0 Å². The van der Waals surface area contributed by atoms with Crippen LogP contribution in [0.5, 0.6) is 0 Å². The van der Waals surface area contributed by atoms with Crippen LogP contribution < -0.4 is 0 Å². The van der Waals surface area contributed by atoms with Gasteiger partial charge < -0.3 is 0 Å². The van der Waals surface area contributed by atoms with Crippen molar-refractivity contribution in [3.63, 3.8) is 0 Å². The zero-order chi connectivity index (χ0) is 13.7. The van der Waals surface area contributed by atoms with Crippen LogP contribution in [0.25, 0.3) is 0 Å². The predicted molar refractivity (Wildman–Crippen MR) is 85.0 cm³/mol. The number of rotatable bonds is 5. The van der Waals surface area contributed by atoms with Crippen LogP contribution in [0.1, 0.15) is 5.56 Å². The Morgan fingerprint density at radius 1 is 1.11 bits per heavy atom. The van der Waals surface area contributed by atoms with Crippen molar-refractivity contribution in [1.82, 2.24) is 0 Å². The summed E-state index contributed by atoms with van der Waals surface area (Å²) in [6.45, 7) is 0. The third-order valence-corrected chi connectivity index (χ3v) is 4.53. The van der Waals surface area contributed by atoms with Gasteiger partial charge in [-0.05, 0) is 35.9 Å². The number of hydrogen-bond acceptors (Lipinski definition) is 2. The van der Waals surface area contributed by atoms with Gasteiger partial charge in [-0.2, -0.15) is 0 Å². The SMILES string of the molecule is O=C(CSc1ccc(Br)cc1)Cc1ccccc1Cl. The zero-order valence-electron chi connectivity index (χ0n) is 10.1. The average molecular weight is 356 g/mol. The van der Waals surface area contributed by atoms with Gasteiger partial charge in [0.25, 0.3) is 0 Å². The highest BCUT2D eigenvalue weighted by Gasteiger charge is 2.07. The van der Waals surface area contributed by atoms with Gasteiger partial charge >= 0.3 is 0 Å². The molecule has 19 heavy (non-hydrogen) atoms. The summed E-state index contributed by atoms with van der Waals surface area (Å²) in [6, 6.07) is 15.4. The van der Waals surface area contributed by atoms with Gasteiger partial charge in [0.05, 0.1) is 5.75 Å². The molecule has 0 atom stereocenters. The highest BCUT2D eigenvalue weighted by atomic mass is 79.9. The van der Waals surface area contributed by atoms with Crippen LogP contribution in [0.3, 0.4) is 0 Å². The number of hydrogen-bond donors (Lipinski definition) is 0. The predicted octanol–water partition coefficient (Wildman–Crippen LogP) is 5.01. The molecule has 0 heterocycles. The van der Waals surface area contributed by atoms with E-state index in [0.717, 1.165) is 14.9 Å². The number of halogens is 2. The standard InChI is InChI=1S/C15H12BrClOS/c16-12-5-7-14(8-6-12)19-10-13(18)9-11-3-1-2-4-15(11)17/h1-8H,9-10H2. The van der Waals surface area contributed by atoms with Gasteiger partial charge in [-0.3, -0.25) is 4.79 Å². The maximum atomic E-state index is 11.9. The average Bonchev–Trinajstić information content (AvgIpc) is 2.41. The number of benzene rings is 2. The highest BCUT2D eigenvalue weighted by Crippen LogP contribution is 2.22. The molecule has 0 aliphatic rings. The number of carbonyl (C=O) groups is 1. The fraction of sp³-hybridized carbons (Fsp3) is 0.133. The first kappa shape index (κ1) is 14.6. The molecule has 2 aromatic carbocycles. The summed E-state index contributed by atoms with van der Waals surface area (Å²) < 4.78 is 1.04. The molecule has 0 bridgehead atoms. The first-order valence-corrected chi connectivity index (χ1v) is 7.94. The molecule has 2 aromatic rings. The molecule has 0 amide bonds. The normalized spacial score (nSPS) is 10.4. The van der Waals surface area contributed by atoms with E-state index >= 15 is 0 Å². The monoisotopic (exact) mass is 354 g/mol. The molecule has 1 nitrogen and oxygen atoms in total. The van der Waals surface area contributed by atoms with Crippen molar-refractivity contribution in [1.29, 1.82) is 0 Å². The zero-order valence-corrected chi connectivity index (χ0v) is 13.3. The third kappa shape index (κ3) is 4.68. The van der Waals surface area contributed by atoms with E-state index in [0.29, 0.717) is 17.2 Å². The van der Waals surface area contributed by atoms with Gasteiger partial charge in [0.2, 0.25) is 0 Å². The summed E-state index contributed by atoms with van der Waals surface area (Å²) >= 11 is 11.0. The lowest BCUT2D eigenvalue weighted by Gasteiger charge is -2.04. The number of ketones is 1. The molecule has 0 saturated heterocycles. The lowest BCUT2D eigenvalue weighted by molar-refractivity contribution is -0.116. The number of carbonyl (C=O) groups excluding carboxylic acids is 1. The van der Waals surface area contributed by atoms with Crippen molar-refractivity contribution in [3.05, 3.63) is 63.6 Å².